The van der Waals surface area contributed by atoms with Gasteiger partial charge >= 0.3 is 0 Å². The molecule has 0 saturated carbocycles. The Morgan fingerprint density at radius 3 is 2.53 bits per heavy atom. The molecule has 0 aliphatic carbocycles. The third kappa shape index (κ3) is 3.86. The van der Waals surface area contributed by atoms with Crippen LogP contribution in [0.5, 0.6) is 5.75 Å². The maximum absolute atomic E-state index is 13.0. The zero-order valence-electron chi connectivity index (χ0n) is 17.4. The van der Waals surface area contributed by atoms with E-state index in [-0.39, 0.29) is 12.1 Å². The van der Waals surface area contributed by atoms with Crippen molar-refractivity contribution in [1.82, 2.24) is 14.2 Å². The highest BCUT2D eigenvalue weighted by molar-refractivity contribution is 5.68. The molecule has 2 aromatic carbocycles. The van der Waals surface area contributed by atoms with Crippen molar-refractivity contribution in [3.63, 3.8) is 0 Å². The van der Waals surface area contributed by atoms with Crippen molar-refractivity contribution in [3.05, 3.63) is 88.0 Å². The van der Waals surface area contributed by atoms with E-state index in [0.29, 0.717) is 12.1 Å². The van der Waals surface area contributed by atoms with E-state index in [4.69, 9.17) is 4.74 Å². The molecule has 6 nitrogen and oxygen atoms in total. The van der Waals surface area contributed by atoms with Crippen molar-refractivity contribution < 1.29 is 9.84 Å². The lowest BCUT2D eigenvalue weighted by atomic mass is 10.0. The summed E-state index contributed by atoms with van der Waals surface area (Å²) in [4.78, 5) is 13.0. The summed E-state index contributed by atoms with van der Waals surface area (Å²) in [6.07, 6.45) is 2.60. The van der Waals surface area contributed by atoms with Crippen LogP contribution in [-0.4, -0.2) is 25.9 Å². The minimum absolute atomic E-state index is 0.160. The summed E-state index contributed by atoms with van der Waals surface area (Å²) in [7, 11) is 0. The summed E-state index contributed by atoms with van der Waals surface area (Å²) in [5.74, 6) is 0.755. The molecule has 1 N–H and O–H groups in total. The van der Waals surface area contributed by atoms with Gasteiger partial charge in [-0.05, 0) is 50.1 Å². The fraction of sp³-hybridized carbons (Fsp3) is 0.250. The molecule has 2 heterocycles. The fourth-order valence-electron chi connectivity index (χ4n) is 3.65. The van der Waals surface area contributed by atoms with Gasteiger partial charge in [0.05, 0.1) is 24.9 Å². The number of hydrogen-bond acceptors (Lipinski definition) is 4. The van der Waals surface area contributed by atoms with Gasteiger partial charge in [-0.15, -0.1) is 0 Å². The first-order valence-electron chi connectivity index (χ1n) is 10.0. The number of nitrogens with zero attached hydrogens (tertiary/aromatic N) is 3. The molecular formula is C24H25N3O3. The molecule has 1 unspecified atom stereocenters. The SMILES string of the molecule is CCOc1ccc(C(O)Cn2ccn3nc(-c4ccc(C)cc4C)cc3c2=O)cc1. The number of hydrogen-bond donors (Lipinski definition) is 1. The fourth-order valence-corrected chi connectivity index (χ4v) is 3.65. The van der Waals surface area contributed by atoms with E-state index in [1.807, 2.05) is 50.2 Å². The van der Waals surface area contributed by atoms with E-state index in [1.54, 1.807) is 23.0 Å². The number of benzene rings is 2. The van der Waals surface area contributed by atoms with E-state index < -0.39 is 6.10 Å². The molecular weight excluding hydrogens is 378 g/mol. The van der Waals surface area contributed by atoms with Crippen LogP contribution in [0.2, 0.25) is 0 Å². The van der Waals surface area contributed by atoms with E-state index >= 15 is 0 Å². The third-order valence-corrected chi connectivity index (χ3v) is 5.21. The number of fused-ring (bicyclic) bond motifs is 1. The number of aryl methyl sites for hydroxylation is 2. The van der Waals surface area contributed by atoms with E-state index in [9.17, 15) is 9.90 Å². The van der Waals surface area contributed by atoms with Gasteiger partial charge in [0.2, 0.25) is 0 Å². The van der Waals surface area contributed by atoms with Crippen molar-refractivity contribution in [2.24, 2.45) is 0 Å². The number of aliphatic hydroxyl groups excluding tert-OH is 1. The minimum Gasteiger partial charge on any atom is -0.494 e. The Balaban J connectivity index is 1.62. The molecule has 4 aromatic rings. The van der Waals surface area contributed by atoms with Gasteiger partial charge in [0.15, 0.2) is 0 Å². The Morgan fingerprint density at radius 1 is 1.07 bits per heavy atom. The van der Waals surface area contributed by atoms with Crippen molar-refractivity contribution >= 4 is 5.52 Å². The zero-order chi connectivity index (χ0) is 21.3. The number of rotatable bonds is 6. The van der Waals surface area contributed by atoms with Crippen LogP contribution in [0.4, 0.5) is 0 Å². The van der Waals surface area contributed by atoms with Crippen molar-refractivity contribution in [2.75, 3.05) is 6.61 Å². The lowest BCUT2D eigenvalue weighted by Crippen LogP contribution is -2.24. The molecule has 154 valence electrons. The van der Waals surface area contributed by atoms with Gasteiger partial charge in [-0.25, -0.2) is 4.52 Å². The van der Waals surface area contributed by atoms with Crippen LogP contribution < -0.4 is 10.3 Å². The average Bonchev–Trinajstić information content (AvgIpc) is 3.15. The van der Waals surface area contributed by atoms with Crippen LogP contribution in [0.15, 0.2) is 65.7 Å². The Labute approximate surface area is 175 Å². The first-order valence-corrected chi connectivity index (χ1v) is 10.0. The summed E-state index contributed by atoms with van der Waals surface area (Å²) in [6.45, 7) is 6.76. The molecule has 0 aliphatic rings. The topological polar surface area (TPSA) is 68.8 Å². The zero-order valence-corrected chi connectivity index (χ0v) is 17.4. The lowest BCUT2D eigenvalue weighted by Gasteiger charge is -2.14. The van der Waals surface area contributed by atoms with Crippen molar-refractivity contribution in [1.29, 1.82) is 0 Å². The lowest BCUT2D eigenvalue weighted by molar-refractivity contribution is 0.155. The van der Waals surface area contributed by atoms with Gasteiger partial charge in [-0.1, -0.05) is 35.9 Å². The minimum atomic E-state index is -0.803. The third-order valence-electron chi connectivity index (χ3n) is 5.21. The van der Waals surface area contributed by atoms with Crippen LogP contribution in [-0.2, 0) is 6.54 Å². The monoisotopic (exact) mass is 403 g/mol. The second kappa shape index (κ2) is 8.16. The first-order chi connectivity index (χ1) is 14.5. The summed E-state index contributed by atoms with van der Waals surface area (Å²) in [6, 6.07) is 15.2. The average molecular weight is 403 g/mol. The van der Waals surface area contributed by atoms with Crippen LogP contribution in [0.3, 0.4) is 0 Å². The molecule has 1 atom stereocenters. The Bertz CT molecular complexity index is 1240. The van der Waals surface area contributed by atoms with Crippen LogP contribution in [0, 0.1) is 13.8 Å². The highest BCUT2D eigenvalue weighted by atomic mass is 16.5. The molecule has 0 radical (unpaired) electrons. The molecule has 6 heteroatoms. The number of ether oxygens (including phenoxy) is 1. The largest absolute Gasteiger partial charge is 0.494 e. The van der Waals surface area contributed by atoms with E-state index in [2.05, 4.69) is 18.1 Å². The van der Waals surface area contributed by atoms with Crippen LogP contribution >= 0.6 is 0 Å². The second-order valence-corrected chi connectivity index (χ2v) is 7.45. The summed E-state index contributed by atoms with van der Waals surface area (Å²) < 4.78 is 8.55. The molecule has 30 heavy (non-hydrogen) atoms. The molecule has 0 fully saturated rings. The predicted molar refractivity (Wildman–Crippen MR) is 117 cm³/mol. The summed E-state index contributed by atoms with van der Waals surface area (Å²) in [5, 5.41) is 15.2. The smallest absolute Gasteiger partial charge is 0.276 e. The van der Waals surface area contributed by atoms with Gasteiger partial charge < -0.3 is 14.4 Å². The van der Waals surface area contributed by atoms with Gasteiger partial charge in [-0.2, -0.15) is 5.10 Å². The quantitative estimate of drug-likeness (QED) is 0.530. The molecule has 2 aromatic heterocycles. The normalized spacial score (nSPS) is 12.3. The summed E-state index contributed by atoms with van der Waals surface area (Å²) >= 11 is 0. The van der Waals surface area contributed by atoms with Gasteiger partial charge in [0, 0.05) is 18.0 Å². The molecule has 0 aliphatic heterocycles. The van der Waals surface area contributed by atoms with Crippen molar-refractivity contribution in [3.8, 4) is 17.0 Å². The maximum Gasteiger partial charge on any atom is 0.276 e. The van der Waals surface area contributed by atoms with E-state index in [0.717, 1.165) is 28.1 Å². The van der Waals surface area contributed by atoms with Gasteiger partial charge in [0.1, 0.15) is 11.3 Å². The Hall–Kier alpha value is -3.38. The maximum atomic E-state index is 13.0. The van der Waals surface area contributed by atoms with Gasteiger partial charge in [0.25, 0.3) is 5.56 Å². The van der Waals surface area contributed by atoms with Crippen LogP contribution in [0.1, 0.15) is 29.7 Å². The van der Waals surface area contributed by atoms with E-state index in [1.165, 1.54) is 10.1 Å². The first kappa shape index (κ1) is 19.9. The standard InChI is InChI=1S/C24H25N3O3/c1-4-30-19-8-6-18(7-9-19)23(28)15-26-11-12-27-22(24(26)29)14-21(25-27)20-10-5-16(2)13-17(20)3/h5-14,23,28H,4,15H2,1-3H3. The molecule has 0 amide bonds. The van der Waals surface area contributed by atoms with Crippen molar-refractivity contribution in [2.45, 2.75) is 33.4 Å². The summed E-state index contributed by atoms with van der Waals surface area (Å²) in [5.41, 5.74) is 5.08. The molecule has 0 spiro atoms. The Morgan fingerprint density at radius 2 is 1.83 bits per heavy atom. The number of aliphatic hydroxyl groups is 1. The predicted octanol–water partition coefficient (Wildman–Crippen LogP) is 3.91. The van der Waals surface area contributed by atoms with Crippen LogP contribution in [0.25, 0.3) is 16.8 Å². The highest BCUT2D eigenvalue weighted by Crippen LogP contribution is 2.24. The Kier molecular flexibility index (Phi) is 5.42. The molecule has 0 bridgehead atoms. The number of aromatic nitrogens is 3. The molecule has 4 rings (SSSR count). The molecule has 0 saturated heterocycles. The van der Waals surface area contributed by atoms with Gasteiger partial charge in [-0.3, -0.25) is 4.79 Å². The highest BCUT2D eigenvalue weighted by Gasteiger charge is 2.14. The second-order valence-electron chi connectivity index (χ2n) is 7.45.